The van der Waals surface area contributed by atoms with Gasteiger partial charge in [-0.3, -0.25) is 4.79 Å². The van der Waals surface area contributed by atoms with Crippen LogP contribution in [0.4, 0.5) is 0 Å². The van der Waals surface area contributed by atoms with E-state index >= 15 is 0 Å². The van der Waals surface area contributed by atoms with Gasteiger partial charge in [0, 0.05) is 26.3 Å². The molecule has 1 aromatic rings. The highest BCUT2D eigenvalue weighted by atomic mass is 127. The van der Waals surface area contributed by atoms with Gasteiger partial charge in [0.15, 0.2) is 0 Å². The Morgan fingerprint density at radius 2 is 2.46 bits per heavy atom. The van der Waals surface area contributed by atoms with Gasteiger partial charge in [-0.15, -0.1) is 0 Å². The second kappa shape index (κ2) is 5.33. The van der Waals surface area contributed by atoms with E-state index in [0.29, 0.717) is 10.2 Å². The molecule has 13 heavy (non-hydrogen) atoms. The molecule has 1 heterocycles. The Hall–Kier alpha value is -0.430. The van der Waals surface area contributed by atoms with Crippen molar-refractivity contribution in [3.8, 4) is 0 Å². The van der Waals surface area contributed by atoms with Crippen LogP contribution in [0.5, 0.6) is 0 Å². The summed E-state index contributed by atoms with van der Waals surface area (Å²) in [6, 6.07) is 0. The molecule has 0 saturated carbocycles. The second-order valence-corrected chi connectivity index (χ2v) is 3.77. The minimum atomic E-state index is -0.0667. The zero-order valence-corrected chi connectivity index (χ0v) is 9.50. The second-order valence-electron chi connectivity index (χ2n) is 2.60. The summed E-state index contributed by atoms with van der Waals surface area (Å²) in [4.78, 5) is 17.9. The first kappa shape index (κ1) is 10.6. The van der Waals surface area contributed by atoms with E-state index in [1.165, 1.54) is 0 Å². The lowest BCUT2D eigenvalue weighted by molar-refractivity contribution is 0.194. The highest BCUT2D eigenvalue weighted by molar-refractivity contribution is 14.1. The van der Waals surface area contributed by atoms with Crippen LogP contribution in [-0.2, 0) is 11.2 Å². The number of aryl methyl sites for hydroxylation is 1. The predicted octanol–water partition coefficient (Wildman–Crippen LogP) is 0.954. The third-order valence-corrected chi connectivity index (χ3v) is 2.34. The van der Waals surface area contributed by atoms with Crippen molar-refractivity contribution in [3.05, 3.63) is 25.9 Å². The molecule has 0 bridgehead atoms. The van der Waals surface area contributed by atoms with Crippen LogP contribution in [0.1, 0.15) is 12.2 Å². The summed E-state index contributed by atoms with van der Waals surface area (Å²) in [6.45, 7) is 0.690. The molecule has 0 spiro atoms. The minimum Gasteiger partial charge on any atom is -0.385 e. The summed E-state index contributed by atoms with van der Waals surface area (Å²) < 4.78 is 5.51. The van der Waals surface area contributed by atoms with E-state index in [0.717, 1.165) is 18.7 Å². The van der Waals surface area contributed by atoms with Crippen molar-refractivity contribution in [2.75, 3.05) is 13.7 Å². The van der Waals surface area contributed by atoms with E-state index in [4.69, 9.17) is 4.74 Å². The SMILES string of the molecule is COCCCc1ncc(I)c(=O)[nH]1. The van der Waals surface area contributed by atoms with Crippen LogP contribution < -0.4 is 5.56 Å². The van der Waals surface area contributed by atoms with Gasteiger partial charge in [-0.1, -0.05) is 0 Å². The van der Waals surface area contributed by atoms with E-state index in [1.54, 1.807) is 13.3 Å². The van der Waals surface area contributed by atoms with Crippen molar-refractivity contribution < 1.29 is 4.74 Å². The summed E-state index contributed by atoms with van der Waals surface area (Å²) in [6.07, 6.45) is 3.21. The van der Waals surface area contributed by atoms with Crippen LogP contribution in [0.2, 0.25) is 0 Å². The topological polar surface area (TPSA) is 55.0 Å². The lowest BCUT2D eigenvalue weighted by Crippen LogP contribution is -2.14. The van der Waals surface area contributed by atoms with Gasteiger partial charge in [0.1, 0.15) is 5.82 Å². The molecule has 72 valence electrons. The maximum atomic E-state index is 11.1. The smallest absolute Gasteiger partial charge is 0.264 e. The molecule has 1 aromatic heterocycles. The average molecular weight is 294 g/mol. The molecule has 0 aromatic carbocycles. The van der Waals surface area contributed by atoms with Crippen LogP contribution in [0.25, 0.3) is 0 Å². The molecule has 0 atom stereocenters. The Bertz CT molecular complexity index is 324. The summed E-state index contributed by atoms with van der Waals surface area (Å²) in [5.74, 6) is 0.725. The number of halogens is 1. The number of methoxy groups -OCH3 is 1. The molecule has 0 fully saturated rings. The first-order valence-corrected chi connectivity index (χ1v) is 5.04. The molecule has 0 aliphatic carbocycles. The largest absolute Gasteiger partial charge is 0.385 e. The lowest BCUT2D eigenvalue weighted by Gasteiger charge is -1.99. The maximum Gasteiger partial charge on any atom is 0.264 e. The summed E-state index contributed by atoms with van der Waals surface area (Å²) in [7, 11) is 1.66. The van der Waals surface area contributed by atoms with Crippen LogP contribution in [-0.4, -0.2) is 23.7 Å². The van der Waals surface area contributed by atoms with Crippen LogP contribution in [0, 0.1) is 3.57 Å². The molecule has 0 aliphatic rings. The van der Waals surface area contributed by atoms with E-state index < -0.39 is 0 Å². The monoisotopic (exact) mass is 294 g/mol. The quantitative estimate of drug-likeness (QED) is 0.664. The zero-order valence-electron chi connectivity index (χ0n) is 7.34. The minimum absolute atomic E-state index is 0.0667. The van der Waals surface area contributed by atoms with Crippen molar-refractivity contribution in [2.45, 2.75) is 12.8 Å². The van der Waals surface area contributed by atoms with Crippen molar-refractivity contribution >= 4 is 22.6 Å². The Labute approximate surface area is 89.9 Å². The van der Waals surface area contributed by atoms with E-state index in [-0.39, 0.29) is 5.56 Å². The van der Waals surface area contributed by atoms with Gasteiger partial charge in [-0.05, 0) is 29.0 Å². The molecule has 1 rings (SSSR count). The number of hydrogen-bond donors (Lipinski definition) is 1. The van der Waals surface area contributed by atoms with Gasteiger partial charge >= 0.3 is 0 Å². The number of aromatic amines is 1. The molecule has 4 nitrogen and oxygen atoms in total. The molecule has 5 heteroatoms. The first-order valence-electron chi connectivity index (χ1n) is 3.96. The van der Waals surface area contributed by atoms with Gasteiger partial charge in [0.05, 0.1) is 3.57 Å². The van der Waals surface area contributed by atoms with Gasteiger partial charge in [0.2, 0.25) is 0 Å². The fourth-order valence-electron chi connectivity index (χ4n) is 0.927. The number of nitrogens with zero attached hydrogens (tertiary/aromatic N) is 1. The number of hydrogen-bond acceptors (Lipinski definition) is 3. The van der Waals surface area contributed by atoms with Gasteiger partial charge < -0.3 is 9.72 Å². The van der Waals surface area contributed by atoms with E-state index in [2.05, 4.69) is 9.97 Å². The molecule has 0 aliphatic heterocycles. The highest BCUT2D eigenvalue weighted by Crippen LogP contribution is 1.96. The first-order chi connectivity index (χ1) is 6.24. The average Bonchev–Trinajstić information content (AvgIpc) is 2.12. The van der Waals surface area contributed by atoms with Crippen LogP contribution in [0.15, 0.2) is 11.0 Å². The third-order valence-electron chi connectivity index (χ3n) is 1.57. The fourth-order valence-corrected chi connectivity index (χ4v) is 1.20. The molecule has 0 saturated heterocycles. The molecule has 0 unspecified atom stereocenters. The molecule has 1 N–H and O–H groups in total. The number of ether oxygens (including phenoxy) is 1. The number of aromatic nitrogens is 2. The van der Waals surface area contributed by atoms with Crippen molar-refractivity contribution in [1.82, 2.24) is 9.97 Å². The molecule has 0 radical (unpaired) electrons. The Kier molecular flexibility index (Phi) is 4.37. The number of H-pyrrole nitrogens is 1. The molecular weight excluding hydrogens is 283 g/mol. The maximum absolute atomic E-state index is 11.1. The number of rotatable bonds is 4. The van der Waals surface area contributed by atoms with Crippen molar-refractivity contribution in [3.63, 3.8) is 0 Å². The Balaban J connectivity index is 2.58. The lowest BCUT2D eigenvalue weighted by atomic mass is 10.3. The Morgan fingerprint density at radius 1 is 1.69 bits per heavy atom. The van der Waals surface area contributed by atoms with Crippen molar-refractivity contribution in [2.24, 2.45) is 0 Å². The van der Waals surface area contributed by atoms with Crippen molar-refractivity contribution in [1.29, 1.82) is 0 Å². The summed E-state index contributed by atoms with van der Waals surface area (Å²) in [5.41, 5.74) is -0.0667. The van der Waals surface area contributed by atoms with Gasteiger partial charge in [-0.25, -0.2) is 4.98 Å². The Morgan fingerprint density at radius 3 is 3.08 bits per heavy atom. The summed E-state index contributed by atoms with van der Waals surface area (Å²) in [5, 5.41) is 0. The van der Waals surface area contributed by atoms with Crippen LogP contribution >= 0.6 is 22.6 Å². The fraction of sp³-hybridized carbons (Fsp3) is 0.500. The highest BCUT2D eigenvalue weighted by Gasteiger charge is 1.98. The van der Waals surface area contributed by atoms with Crippen LogP contribution in [0.3, 0.4) is 0 Å². The third kappa shape index (κ3) is 3.43. The number of nitrogens with one attached hydrogen (secondary N) is 1. The van der Waals surface area contributed by atoms with E-state index in [1.807, 2.05) is 22.6 Å². The molecule has 0 amide bonds. The predicted molar refractivity (Wildman–Crippen MR) is 57.8 cm³/mol. The standard InChI is InChI=1S/C8H11IN2O2/c1-13-4-2-3-7-10-5-6(9)8(12)11-7/h5H,2-4H2,1H3,(H,10,11,12). The normalized spacial score (nSPS) is 10.3. The zero-order chi connectivity index (χ0) is 9.68. The van der Waals surface area contributed by atoms with E-state index in [9.17, 15) is 4.79 Å². The van der Waals surface area contributed by atoms with Gasteiger partial charge in [0.25, 0.3) is 5.56 Å². The summed E-state index contributed by atoms with van der Waals surface area (Å²) >= 11 is 1.96. The molecular formula is C8H11IN2O2. The van der Waals surface area contributed by atoms with Gasteiger partial charge in [-0.2, -0.15) is 0 Å².